The Balaban J connectivity index is 1.54. The monoisotopic (exact) mass is 479 g/mol. The maximum absolute atomic E-state index is 12.9. The Morgan fingerprint density at radius 1 is 0.886 bits per heavy atom. The molecular formula is C28H37N3O4. The van der Waals surface area contributed by atoms with Crippen molar-refractivity contribution in [2.45, 2.75) is 51.0 Å². The Hall–Kier alpha value is -3.03. The van der Waals surface area contributed by atoms with Gasteiger partial charge in [-0.3, -0.25) is 14.4 Å². The van der Waals surface area contributed by atoms with Gasteiger partial charge < -0.3 is 21.5 Å². The molecule has 0 aliphatic heterocycles. The van der Waals surface area contributed by atoms with Crippen LogP contribution in [0.15, 0.2) is 54.6 Å². The minimum absolute atomic E-state index is 0.0599. The van der Waals surface area contributed by atoms with E-state index in [9.17, 15) is 14.4 Å². The minimum atomic E-state index is -0.597. The number of nitrogens with two attached hydrogens (primary N) is 2. The Bertz CT molecular complexity index is 954. The Morgan fingerprint density at radius 2 is 1.54 bits per heavy atom. The number of ether oxygens (including phenoxy) is 1. The van der Waals surface area contributed by atoms with Gasteiger partial charge >= 0.3 is 0 Å². The lowest BCUT2D eigenvalue weighted by Crippen LogP contribution is -2.46. The zero-order chi connectivity index (χ0) is 25.0. The number of nitrogens with one attached hydrogen (secondary N) is 1. The van der Waals surface area contributed by atoms with E-state index < -0.39 is 6.04 Å². The Labute approximate surface area is 207 Å². The number of amides is 1. The molecule has 0 radical (unpaired) electrons. The van der Waals surface area contributed by atoms with Crippen molar-refractivity contribution >= 4 is 17.5 Å². The summed E-state index contributed by atoms with van der Waals surface area (Å²) in [5, 5.41) is 2.97. The molecular weight excluding hydrogens is 442 g/mol. The molecule has 1 aliphatic rings. The molecule has 1 amide bonds. The van der Waals surface area contributed by atoms with Gasteiger partial charge in [-0.05, 0) is 88.2 Å². The largest absolute Gasteiger partial charge is 0.486 e. The second-order valence-corrected chi connectivity index (χ2v) is 9.27. The van der Waals surface area contributed by atoms with E-state index in [1.54, 1.807) is 36.4 Å². The van der Waals surface area contributed by atoms with Crippen LogP contribution in [0.5, 0.6) is 5.75 Å². The molecule has 0 unspecified atom stereocenters. The van der Waals surface area contributed by atoms with Crippen molar-refractivity contribution in [1.82, 2.24) is 5.32 Å². The molecule has 5 N–H and O–H groups in total. The molecule has 35 heavy (non-hydrogen) atoms. The number of rotatable bonds is 13. The molecule has 1 saturated carbocycles. The summed E-state index contributed by atoms with van der Waals surface area (Å²) in [7, 11) is 0. The first kappa shape index (κ1) is 26.6. The fourth-order valence-electron chi connectivity index (χ4n) is 4.47. The van der Waals surface area contributed by atoms with Gasteiger partial charge in [0.1, 0.15) is 12.4 Å². The van der Waals surface area contributed by atoms with E-state index in [0.29, 0.717) is 42.3 Å². The van der Waals surface area contributed by atoms with Crippen molar-refractivity contribution in [3.05, 3.63) is 65.7 Å². The number of ketones is 2. The van der Waals surface area contributed by atoms with Gasteiger partial charge in [-0.15, -0.1) is 0 Å². The lowest BCUT2D eigenvalue weighted by atomic mass is 9.81. The Morgan fingerprint density at radius 3 is 2.17 bits per heavy atom. The van der Waals surface area contributed by atoms with Crippen LogP contribution in [0.2, 0.25) is 0 Å². The van der Waals surface area contributed by atoms with E-state index in [1.165, 1.54) is 0 Å². The molecule has 1 fully saturated rings. The van der Waals surface area contributed by atoms with Crippen LogP contribution in [0.3, 0.4) is 0 Å². The van der Waals surface area contributed by atoms with Crippen molar-refractivity contribution in [3.63, 3.8) is 0 Å². The van der Waals surface area contributed by atoms with Crippen LogP contribution in [-0.4, -0.2) is 43.2 Å². The quantitative estimate of drug-likeness (QED) is 0.299. The highest BCUT2D eigenvalue weighted by Gasteiger charge is 2.29. The van der Waals surface area contributed by atoms with E-state index in [2.05, 4.69) is 5.32 Å². The summed E-state index contributed by atoms with van der Waals surface area (Å²) < 4.78 is 5.70. The predicted octanol–water partition coefficient (Wildman–Crippen LogP) is 3.24. The van der Waals surface area contributed by atoms with Crippen LogP contribution in [-0.2, 0) is 9.59 Å². The molecule has 0 heterocycles. The molecule has 0 aromatic heterocycles. The third-order valence-electron chi connectivity index (χ3n) is 6.74. The molecule has 3 rings (SSSR count). The molecule has 7 heteroatoms. The summed E-state index contributed by atoms with van der Waals surface area (Å²) in [6.45, 7) is 1.05. The van der Waals surface area contributed by atoms with Crippen LogP contribution < -0.4 is 21.5 Å². The summed E-state index contributed by atoms with van der Waals surface area (Å²) in [6, 6.07) is 15.2. The topological polar surface area (TPSA) is 125 Å². The maximum Gasteiger partial charge on any atom is 0.223 e. The predicted molar refractivity (Wildman–Crippen MR) is 136 cm³/mol. The highest BCUT2D eigenvalue weighted by Crippen LogP contribution is 2.28. The van der Waals surface area contributed by atoms with Gasteiger partial charge in [0.2, 0.25) is 5.91 Å². The molecule has 1 atom stereocenters. The summed E-state index contributed by atoms with van der Waals surface area (Å²) in [6.07, 6.45) is 5.60. The first-order valence-electron chi connectivity index (χ1n) is 12.6. The van der Waals surface area contributed by atoms with Gasteiger partial charge in [-0.1, -0.05) is 30.3 Å². The van der Waals surface area contributed by atoms with E-state index >= 15 is 0 Å². The second-order valence-electron chi connectivity index (χ2n) is 9.27. The summed E-state index contributed by atoms with van der Waals surface area (Å²) in [5.74, 6) is 0.610. The minimum Gasteiger partial charge on any atom is -0.486 e. The van der Waals surface area contributed by atoms with Crippen molar-refractivity contribution in [3.8, 4) is 5.75 Å². The van der Waals surface area contributed by atoms with Crippen LogP contribution in [0.1, 0.15) is 60.9 Å². The standard InChI is InChI=1S/C28H37N3O4/c29-17-5-4-8-25(31-28(34)23-11-9-20(18-30)10-12-23)26(32)19-35-24-15-13-22(14-16-24)27(33)21-6-2-1-3-7-21/h1-3,6-7,13-16,20,23,25H,4-5,8-12,17-19,29-30H2,(H,31,34)/t20?,23?,25-/m0/s1. The average Bonchev–Trinajstić information content (AvgIpc) is 2.91. The highest BCUT2D eigenvalue weighted by atomic mass is 16.5. The number of carbonyl (C=O) groups excluding carboxylic acids is 3. The number of hydrogen-bond donors (Lipinski definition) is 3. The third-order valence-corrected chi connectivity index (χ3v) is 6.74. The zero-order valence-corrected chi connectivity index (χ0v) is 20.3. The zero-order valence-electron chi connectivity index (χ0n) is 20.3. The molecule has 1 aliphatic carbocycles. The van der Waals surface area contributed by atoms with Crippen molar-refractivity contribution in [2.24, 2.45) is 23.3 Å². The van der Waals surface area contributed by atoms with Gasteiger partial charge in [-0.2, -0.15) is 0 Å². The van der Waals surface area contributed by atoms with Gasteiger partial charge in [0.25, 0.3) is 0 Å². The van der Waals surface area contributed by atoms with E-state index in [-0.39, 0.29) is 30.0 Å². The van der Waals surface area contributed by atoms with Crippen LogP contribution in [0.25, 0.3) is 0 Å². The smallest absolute Gasteiger partial charge is 0.223 e. The molecule has 0 saturated heterocycles. The molecule has 2 aromatic carbocycles. The average molecular weight is 480 g/mol. The Kier molecular flexibility index (Phi) is 10.4. The molecule has 188 valence electrons. The van der Waals surface area contributed by atoms with E-state index in [0.717, 1.165) is 38.5 Å². The van der Waals surface area contributed by atoms with Crippen molar-refractivity contribution in [1.29, 1.82) is 0 Å². The number of unbranched alkanes of at least 4 members (excludes halogenated alkanes) is 1. The van der Waals surface area contributed by atoms with Crippen molar-refractivity contribution in [2.75, 3.05) is 19.7 Å². The second kappa shape index (κ2) is 13.8. The van der Waals surface area contributed by atoms with Gasteiger partial charge in [0, 0.05) is 17.0 Å². The fraction of sp³-hybridized carbons (Fsp3) is 0.464. The summed E-state index contributed by atoms with van der Waals surface area (Å²) in [5.41, 5.74) is 12.5. The van der Waals surface area contributed by atoms with Crippen LogP contribution in [0, 0.1) is 11.8 Å². The van der Waals surface area contributed by atoms with Gasteiger partial charge in [0.15, 0.2) is 11.6 Å². The lowest BCUT2D eigenvalue weighted by Gasteiger charge is -2.28. The lowest BCUT2D eigenvalue weighted by molar-refractivity contribution is -0.132. The summed E-state index contributed by atoms with van der Waals surface area (Å²) >= 11 is 0. The van der Waals surface area contributed by atoms with Crippen LogP contribution in [0.4, 0.5) is 0 Å². The molecule has 2 aromatic rings. The fourth-order valence-corrected chi connectivity index (χ4v) is 4.47. The first-order valence-corrected chi connectivity index (χ1v) is 12.6. The van der Waals surface area contributed by atoms with Gasteiger partial charge in [-0.25, -0.2) is 0 Å². The van der Waals surface area contributed by atoms with Gasteiger partial charge in [0.05, 0.1) is 6.04 Å². The van der Waals surface area contributed by atoms with E-state index in [1.807, 2.05) is 18.2 Å². The van der Waals surface area contributed by atoms with Crippen LogP contribution >= 0.6 is 0 Å². The first-order chi connectivity index (χ1) is 17.0. The number of benzene rings is 2. The van der Waals surface area contributed by atoms with Crippen molar-refractivity contribution < 1.29 is 19.1 Å². The number of Topliss-reactive ketones (excluding diaryl/α,β-unsaturated/α-hetero) is 1. The SMILES string of the molecule is NCCCC[C@H](NC(=O)C1CCC(CN)CC1)C(=O)COc1ccc(C(=O)c2ccccc2)cc1. The third kappa shape index (κ3) is 8.01. The normalized spacial score (nSPS) is 18.5. The van der Waals surface area contributed by atoms with E-state index in [4.69, 9.17) is 16.2 Å². The molecule has 0 spiro atoms. The molecule has 0 bridgehead atoms. The maximum atomic E-state index is 12.9. The molecule has 7 nitrogen and oxygen atoms in total. The highest BCUT2D eigenvalue weighted by molar-refractivity contribution is 6.09. The number of hydrogen-bond acceptors (Lipinski definition) is 6. The summed E-state index contributed by atoms with van der Waals surface area (Å²) in [4.78, 5) is 38.3. The number of carbonyl (C=O) groups is 3.